The van der Waals surface area contributed by atoms with Gasteiger partial charge in [-0.3, -0.25) is 4.79 Å². The minimum atomic E-state index is -1.24. The van der Waals surface area contributed by atoms with Crippen molar-refractivity contribution in [3.05, 3.63) is 52.3 Å². The van der Waals surface area contributed by atoms with E-state index in [1.165, 1.54) is 30.5 Å². The van der Waals surface area contributed by atoms with Gasteiger partial charge in [-0.15, -0.1) is 0 Å². The molecular formula is C17H20ClN2NaO4Si. The van der Waals surface area contributed by atoms with Gasteiger partial charge in [-0.05, 0) is 30.3 Å². The van der Waals surface area contributed by atoms with Crippen LogP contribution < -0.4 is 4.74 Å². The Morgan fingerprint density at radius 3 is 2.54 bits per heavy atom. The molecule has 0 aliphatic heterocycles. The molecule has 1 heterocycles. The molecule has 2 aromatic rings. The van der Waals surface area contributed by atoms with E-state index in [-0.39, 0.29) is 57.4 Å². The Morgan fingerprint density at radius 1 is 1.23 bits per heavy atom. The average Bonchev–Trinajstić information content (AvgIpc) is 2.53. The summed E-state index contributed by atoms with van der Waals surface area (Å²) in [6.07, 6.45) is 1.44. The number of hydrogen-bond donors (Lipinski definition) is 1. The summed E-state index contributed by atoms with van der Waals surface area (Å²) in [4.78, 5) is 31.8. The second-order valence-corrected chi connectivity index (χ2v) is 12.7. The monoisotopic (exact) mass is 402 g/mol. The van der Waals surface area contributed by atoms with E-state index < -0.39 is 19.8 Å². The maximum atomic E-state index is 12.5. The summed E-state index contributed by atoms with van der Waals surface area (Å²) in [5, 5.41) is 9.18. The summed E-state index contributed by atoms with van der Waals surface area (Å²) in [6.45, 7) is 7.20. The first-order chi connectivity index (χ1) is 11.7. The fourth-order valence-corrected chi connectivity index (χ4v) is 2.88. The standard InChI is InChI=1S/C17H19ClN2O4Si.Na.H/c1-25(2,3)9-8-24-17-19-7-6-14(20-17)15(21)11-4-5-13(18)12(10-11)16(22)23;;/h4-7,10H,8-9H2,1-3H3,(H,22,23);;. The first-order valence-corrected chi connectivity index (χ1v) is 11.8. The molecule has 0 unspecified atom stereocenters. The molecule has 0 fully saturated rings. The van der Waals surface area contributed by atoms with Gasteiger partial charge < -0.3 is 9.84 Å². The number of halogens is 1. The zero-order chi connectivity index (χ0) is 18.6. The minimum absolute atomic E-state index is 0. The van der Waals surface area contributed by atoms with Crippen LogP contribution in [0.2, 0.25) is 30.7 Å². The molecular weight excluding hydrogens is 383 g/mol. The Morgan fingerprint density at radius 2 is 1.92 bits per heavy atom. The molecule has 1 N–H and O–H groups in total. The number of carboxylic acids is 1. The van der Waals surface area contributed by atoms with Gasteiger partial charge in [0.2, 0.25) is 5.78 Å². The number of aromatic nitrogens is 2. The number of carbonyl (C=O) groups excluding carboxylic acids is 1. The predicted octanol–water partition coefficient (Wildman–Crippen LogP) is 3.13. The van der Waals surface area contributed by atoms with E-state index in [0.29, 0.717) is 6.61 Å². The SMILES string of the molecule is C[Si](C)(C)CCOc1nccc(C(=O)c2ccc(Cl)c(C(=O)O)c2)n1.[NaH]. The van der Waals surface area contributed by atoms with Crippen LogP contribution in [0.3, 0.4) is 0 Å². The van der Waals surface area contributed by atoms with Gasteiger partial charge >= 0.3 is 41.5 Å². The van der Waals surface area contributed by atoms with Crippen molar-refractivity contribution in [3.63, 3.8) is 0 Å². The topological polar surface area (TPSA) is 89.4 Å². The fourth-order valence-electron chi connectivity index (χ4n) is 1.96. The normalized spacial score (nSPS) is 10.8. The summed E-state index contributed by atoms with van der Waals surface area (Å²) in [5.74, 6) is -1.62. The zero-order valence-electron chi connectivity index (χ0n) is 14.2. The number of carbonyl (C=O) groups is 2. The Kier molecular flexibility index (Phi) is 8.43. The maximum absolute atomic E-state index is 12.5. The number of nitrogens with zero attached hydrogens (tertiary/aromatic N) is 2. The van der Waals surface area contributed by atoms with Crippen LogP contribution in [0, 0.1) is 0 Å². The van der Waals surface area contributed by atoms with Gasteiger partial charge in [0.05, 0.1) is 17.2 Å². The van der Waals surface area contributed by atoms with Crippen molar-refractivity contribution in [2.75, 3.05) is 6.61 Å². The van der Waals surface area contributed by atoms with E-state index in [4.69, 9.17) is 21.4 Å². The molecule has 9 heteroatoms. The summed E-state index contributed by atoms with van der Waals surface area (Å²) in [5.41, 5.74) is 0.193. The molecule has 134 valence electrons. The molecule has 6 nitrogen and oxygen atoms in total. The molecule has 0 atom stereocenters. The molecule has 0 radical (unpaired) electrons. The number of ether oxygens (including phenoxy) is 1. The summed E-state index contributed by atoms with van der Waals surface area (Å²) in [6, 6.07) is 6.63. The van der Waals surface area contributed by atoms with Crippen LogP contribution in [-0.2, 0) is 0 Å². The zero-order valence-corrected chi connectivity index (χ0v) is 16.0. The third-order valence-electron chi connectivity index (χ3n) is 3.41. The fraction of sp³-hybridized carbons (Fsp3) is 0.294. The Bertz CT molecular complexity index is 812. The van der Waals surface area contributed by atoms with Crippen molar-refractivity contribution in [1.29, 1.82) is 0 Å². The van der Waals surface area contributed by atoms with Crippen molar-refractivity contribution >= 4 is 61.0 Å². The predicted molar refractivity (Wildman–Crippen MR) is 105 cm³/mol. The van der Waals surface area contributed by atoms with Crippen LogP contribution in [0.15, 0.2) is 30.5 Å². The molecule has 1 aromatic heterocycles. The van der Waals surface area contributed by atoms with E-state index in [0.717, 1.165) is 6.04 Å². The number of rotatable bonds is 7. The molecule has 0 saturated heterocycles. The number of ketones is 1. The molecule has 0 aliphatic rings. The molecule has 1 aromatic carbocycles. The Hall–Kier alpha value is -1.25. The molecule has 26 heavy (non-hydrogen) atoms. The van der Waals surface area contributed by atoms with Crippen LogP contribution in [0.4, 0.5) is 0 Å². The van der Waals surface area contributed by atoms with Crippen LogP contribution in [0.1, 0.15) is 26.4 Å². The van der Waals surface area contributed by atoms with Gasteiger partial charge in [0, 0.05) is 19.8 Å². The molecule has 0 bridgehead atoms. The third kappa shape index (κ3) is 6.48. The number of hydrogen-bond acceptors (Lipinski definition) is 5. The average molecular weight is 403 g/mol. The number of aromatic carboxylic acids is 1. The van der Waals surface area contributed by atoms with E-state index in [1.807, 2.05) is 0 Å². The molecule has 0 amide bonds. The molecule has 0 saturated carbocycles. The van der Waals surface area contributed by atoms with Crippen molar-refractivity contribution in [2.24, 2.45) is 0 Å². The molecule has 0 aliphatic carbocycles. The van der Waals surface area contributed by atoms with Crippen LogP contribution in [0.5, 0.6) is 6.01 Å². The van der Waals surface area contributed by atoms with E-state index in [1.54, 1.807) is 0 Å². The second-order valence-electron chi connectivity index (χ2n) is 6.71. The van der Waals surface area contributed by atoms with Gasteiger partial charge in [0.1, 0.15) is 5.69 Å². The quantitative estimate of drug-likeness (QED) is 0.565. The summed E-state index contributed by atoms with van der Waals surface area (Å²) < 4.78 is 5.53. The van der Waals surface area contributed by atoms with Crippen molar-refractivity contribution in [2.45, 2.75) is 25.7 Å². The summed E-state index contributed by atoms with van der Waals surface area (Å²) in [7, 11) is -1.24. The van der Waals surface area contributed by atoms with Gasteiger partial charge in [-0.25, -0.2) is 9.78 Å². The van der Waals surface area contributed by atoms with Gasteiger partial charge in [0.15, 0.2) is 0 Å². The van der Waals surface area contributed by atoms with E-state index in [2.05, 4.69) is 29.6 Å². The van der Waals surface area contributed by atoms with Crippen molar-refractivity contribution in [3.8, 4) is 6.01 Å². The first-order valence-electron chi connectivity index (χ1n) is 7.71. The Labute approximate surface area is 180 Å². The second kappa shape index (κ2) is 9.62. The van der Waals surface area contributed by atoms with E-state index >= 15 is 0 Å². The number of carboxylic acid groups (broad SMARTS) is 1. The third-order valence-corrected chi connectivity index (χ3v) is 5.44. The van der Waals surface area contributed by atoms with Crippen LogP contribution in [0.25, 0.3) is 0 Å². The van der Waals surface area contributed by atoms with E-state index in [9.17, 15) is 9.59 Å². The molecule has 0 spiro atoms. The van der Waals surface area contributed by atoms with Crippen molar-refractivity contribution < 1.29 is 19.4 Å². The number of benzene rings is 1. The van der Waals surface area contributed by atoms with Crippen molar-refractivity contribution in [1.82, 2.24) is 9.97 Å². The molecule has 2 rings (SSSR count). The van der Waals surface area contributed by atoms with Crippen LogP contribution in [-0.4, -0.2) is 71.1 Å². The van der Waals surface area contributed by atoms with Gasteiger partial charge in [0.25, 0.3) is 0 Å². The first kappa shape index (κ1) is 22.8. The van der Waals surface area contributed by atoms with Gasteiger partial charge in [-0.1, -0.05) is 31.2 Å². The van der Waals surface area contributed by atoms with Crippen LogP contribution >= 0.6 is 11.6 Å². The van der Waals surface area contributed by atoms with Gasteiger partial charge in [-0.2, -0.15) is 4.98 Å². The summed E-state index contributed by atoms with van der Waals surface area (Å²) >= 11 is 5.83. The Balaban J connectivity index is 0.00000338.